The Hall–Kier alpha value is -4.85. The molecule has 14 nitrogen and oxygen atoms in total. The summed E-state index contributed by atoms with van der Waals surface area (Å²) in [5.74, 6) is 1.91. The van der Waals surface area contributed by atoms with Crippen LogP contribution in [-0.2, 0) is 19.8 Å². The normalized spacial score (nSPS) is 30.3. The maximum absolute atomic E-state index is 13.6. The predicted molar refractivity (Wildman–Crippen MR) is 228 cm³/mol. The van der Waals surface area contributed by atoms with Crippen LogP contribution in [0.4, 0.5) is 0 Å². The first-order valence-electron chi connectivity index (χ1n) is 22.3. The van der Waals surface area contributed by atoms with Crippen LogP contribution in [0.15, 0.2) is 54.3 Å². The molecule has 0 spiro atoms. The van der Waals surface area contributed by atoms with E-state index in [1.807, 2.05) is 26.8 Å². The van der Waals surface area contributed by atoms with Crippen LogP contribution in [0.3, 0.4) is 0 Å². The molecule has 1 aromatic carbocycles. The number of rotatable bonds is 10. The zero-order valence-electron chi connectivity index (χ0n) is 35.6. The van der Waals surface area contributed by atoms with Gasteiger partial charge in [-0.15, -0.1) is 0 Å². The third-order valence-corrected chi connectivity index (χ3v) is 15.2. The highest BCUT2D eigenvalue weighted by Crippen LogP contribution is 2.69. The quantitative estimate of drug-likeness (QED) is 0.186. The minimum atomic E-state index is -0.984. The van der Waals surface area contributed by atoms with E-state index < -0.39 is 23.5 Å². The van der Waals surface area contributed by atoms with Crippen molar-refractivity contribution in [1.82, 2.24) is 30.0 Å². The molecule has 8 rings (SSSR count). The number of phenolic OH excluding ortho intramolecular Hbond substituents is 1. The van der Waals surface area contributed by atoms with Crippen molar-refractivity contribution in [3.63, 3.8) is 0 Å². The fraction of sp³-hybridized carbons (Fsp3) is 0.630. The Morgan fingerprint density at radius 3 is 2.23 bits per heavy atom. The van der Waals surface area contributed by atoms with E-state index in [1.165, 1.54) is 10.5 Å². The number of carbonyl (C=O) groups is 3. The Morgan fingerprint density at radius 2 is 1.58 bits per heavy atom. The standard InChI is InChI=1S/C46H65N9O5/c1-45(2,3)39(42(58)55-17-6-8-35(55)43(59)60)52-41(57)28-10-12-32(13-11-28)53-18-14-27(15-19-53)31-24-50-44(51-25-31)46-22-29-16-20-54(26-30(23-46)38(29)46)36(40(48)49)21-34(47)33-7-4-5-9-37(33)56/h4-5,7,9,21,24-25,27-30,32,35,38-39,56H,6,8,10-20,22-23,26,47-49H2,1-3H3,(H,52,57)(H,59,60)/b34-21-/t28-,29?,30?,32-,35-,38?,39+,46?/m0/s1. The van der Waals surface area contributed by atoms with Gasteiger partial charge in [-0.3, -0.25) is 9.59 Å². The van der Waals surface area contributed by atoms with Gasteiger partial charge in [0.1, 0.15) is 29.5 Å². The van der Waals surface area contributed by atoms with Gasteiger partial charge in [0.2, 0.25) is 11.8 Å². The lowest BCUT2D eigenvalue weighted by Gasteiger charge is -2.66. The summed E-state index contributed by atoms with van der Waals surface area (Å²) >= 11 is 0. The molecule has 14 heteroatoms. The van der Waals surface area contributed by atoms with Gasteiger partial charge < -0.3 is 47.4 Å². The van der Waals surface area contributed by atoms with Crippen LogP contribution in [0.1, 0.15) is 114 Å². The van der Waals surface area contributed by atoms with E-state index in [0.29, 0.717) is 66.1 Å². The molecule has 2 aromatic rings. The zero-order chi connectivity index (χ0) is 42.5. The number of aromatic hydroxyl groups is 1. The molecule has 0 bridgehead atoms. The number of carboxylic acid groups (broad SMARTS) is 1. The van der Waals surface area contributed by atoms with Gasteiger partial charge in [0.05, 0.1) is 5.70 Å². The smallest absolute Gasteiger partial charge is 0.326 e. The number of nitrogens with zero attached hydrogens (tertiary/aromatic N) is 5. The number of aliphatic carboxylic acids is 1. The first-order valence-corrected chi connectivity index (χ1v) is 22.3. The Morgan fingerprint density at radius 1 is 0.900 bits per heavy atom. The van der Waals surface area contributed by atoms with Crippen molar-refractivity contribution in [2.75, 3.05) is 32.7 Å². The molecule has 3 aliphatic carbocycles. The van der Waals surface area contributed by atoms with Gasteiger partial charge >= 0.3 is 5.97 Å². The van der Waals surface area contributed by atoms with E-state index >= 15 is 0 Å². The largest absolute Gasteiger partial charge is 0.507 e. The molecule has 324 valence electrons. The molecule has 6 atom stereocenters. The van der Waals surface area contributed by atoms with E-state index in [1.54, 1.807) is 24.3 Å². The summed E-state index contributed by atoms with van der Waals surface area (Å²) < 4.78 is 0. The van der Waals surface area contributed by atoms with Crippen LogP contribution in [-0.4, -0.2) is 104 Å². The van der Waals surface area contributed by atoms with Crippen LogP contribution < -0.4 is 22.5 Å². The summed E-state index contributed by atoms with van der Waals surface area (Å²) in [7, 11) is 0. The molecule has 4 heterocycles. The number of piperidine rings is 1. The fourth-order valence-electron chi connectivity index (χ4n) is 12.0. The molecule has 3 aliphatic heterocycles. The van der Waals surface area contributed by atoms with Crippen molar-refractivity contribution >= 4 is 23.5 Å². The number of hydrogen-bond acceptors (Lipinski definition) is 11. The Balaban J connectivity index is 0.814. The summed E-state index contributed by atoms with van der Waals surface area (Å²) in [6, 6.07) is 5.87. The monoisotopic (exact) mass is 824 g/mol. The molecule has 3 saturated carbocycles. The van der Waals surface area contributed by atoms with E-state index in [9.17, 15) is 24.6 Å². The van der Waals surface area contributed by atoms with Gasteiger partial charge in [-0.2, -0.15) is 0 Å². The molecule has 1 aromatic heterocycles. The number of carbonyl (C=O) groups excluding carboxylic acids is 2. The number of carboxylic acids is 1. The number of benzene rings is 1. The first kappa shape index (κ1) is 41.9. The summed E-state index contributed by atoms with van der Waals surface area (Å²) in [4.78, 5) is 55.4. The zero-order valence-corrected chi connectivity index (χ0v) is 35.6. The molecule has 9 N–H and O–H groups in total. The fourth-order valence-corrected chi connectivity index (χ4v) is 12.0. The number of allylic oxidation sites excluding steroid dienone is 1. The molecule has 60 heavy (non-hydrogen) atoms. The maximum Gasteiger partial charge on any atom is 0.326 e. The van der Waals surface area contributed by atoms with Crippen LogP contribution in [0, 0.1) is 29.1 Å². The van der Waals surface area contributed by atoms with Crippen molar-refractivity contribution in [1.29, 1.82) is 0 Å². The Labute approximate surface area is 354 Å². The van der Waals surface area contributed by atoms with Gasteiger partial charge in [0.15, 0.2) is 0 Å². The van der Waals surface area contributed by atoms with Gasteiger partial charge in [0.25, 0.3) is 0 Å². The molecule has 3 saturated heterocycles. The third kappa shape index (κ3) is 7.91. The second-order valence-electron chi connectivity index (χ2n) is 19.8. The number of phenols is 1. The number of hydrogen-bond donors (Lipinski definition) is 6. The highest BCUT2D eigenvalue weighted by molar-refractivity contribution is 5.92. The van der Waals surface area contributed by atoms with Gasteiger partial charge in [-0.05, 0) is 137 Å². The lowest BCUT2D eigenvalue weighted by molar-refractivity contribution is -0.151. The highest BCUT2D eigenvalue weighted by Gasteiger charge is 2.67. The van der Waals surface area contributed by atoms with Gasteiger partial charge in [0, 0.05) is 60.7 Å². The average Bonchev–Trinajstić information content (AvgIpc) is 3.71. The Kier molecular flexibility index (Phi) is 11.5. The van der Waals surface area contributed by atoms with Crippen molar-refractivity contribution < 1.29 is 24.6 Å². The number of likely N-dealkylation sites (tertiary alicyclic amines) is 3. The Bertz CT molecular complexity index is 1990. The van der Waals surface area contributed by atoms with Gasteiger partial charge in [-0.25, -0.2) is 14.8 Å². The minimum Gasteiger partial charge on any atom is -0.507 e. The SMILES string of the molecule is CC(C)(C)[C@H](NC(=O)[C@H]1CC[C@H](N2CCC(c3cnc(C45CC6CCN(C(/C=C(\N)c7ccccc7O)=C(N)N)CC(C4)C65)nc3)CC2)CC1)C(=O)N1CCC[C@H]1C(=O)O. The average molecular weight is 824 g/mol. The van der Waals surface area contributed by atoms with Crippen LogP contribution in [0.25, 0.3) is 5.70 Å². The van der Waals surface area contributed by atoms with E-state index in [2.05, 4.69) is 27.5 Å². The summed E-state index contributed by atoms with van der Waals surface area (Å²) in [5.41, 5.74) is 21.3. The minimum absolute atomic E-state index is 0.0479. The molecule has 2 amide bonds. The number of para-hydroxylation sites is 1. The highest BCUT2D eigenvalue weighted by atomic mass is 16.4. The third-order valence-electron chi connectivity index (χ3n) is 15.2. The lowest BCUT2D eigenvalue weighted by Crippen LogP contribution is -2.65. The van der Waals surface area contributed by atoms with Crippen molar-refractivity contribution in [3.05, 3.63) is 71.2 Å². The van der Waals surface area contributed by atoms with Crippen molar-refractivity contribution in [3.8, 4) is 5.75 Å². The number of amides is 2. The maximum atomic E-state index is 13.6. The van der Waals surface area contributed by atoms with Crippen molar-refractivity contribution in [2.24, 2.45) is 46.3 Å². The van der Waals surface area contributed by atoms with Gasteiger partial charge in [-0.1, -0.05) is 32.9 Å². The second kappa shape index (κ2) is 16.5. The first-order chi connectivity index (χ1) is 28.6. The number of aromatic nitrogens is 2. The number of nitrogens with one attached hydrogen (secondary N) is 1. The molecular weight excluding hydrogens is 759 g/mol. The van der Waals surface area contributed by atoms with Crippen LogP contribution >= 0.6 is 0 Å². The molecule has 0 radical (unpaired) electrons. The number of nitrogens with two attached hydrogens (primary N) is 3. The molecule has 6 fully saturated rings. The summed E-state index contributed by atoms with van der Waals surface area (Å²) in [6.45, 7) is 9.90. The lowest BCUT2D eigenvalue weighted by atomic mass is 9.38. The van der Waals surface area contributed by atoms with Crippen LogP contribution in [0.2, 0.25) is 0 Å². The molecule has 4 unspecified atom stereocenters. The summed E-state index contributed by atoms with van der Waals surface area (Å²) in [6.07, 6.45) is 15.9. The summed E-state index contributed by atoms with van der Waals surface area (Å²) in [5, 5.41) is 23.1. The van der Waals surface area contributed by atoms with E-state index in [0.717, 1.165) is 89.8 Å². The van der Waals surface area contributed by atoms with E-state index in [-0.39, 0.29) is 34.7 Å². The second-order valence-corrected chi connectivity index (χ2v) is 19.8. The van der Waals surface area contributed by atoms with E-state index in [4.69, 9.17) is 27.2 Å². The topological polar surface area (TPSA) is 217 Å². The van der Waals surface area contributed by atoms with Crippen LogP contribution in [0.5, 0.6) is 5.75 Å². The molecular formula is C46H65N9O5. The predicted octanol–water partition coefficient (Wildman–Crippen LogP) is 4.21. The van der Waals surface area contributed by atoms with Crippen molar-refractivity contribution in [2.45, 2.75) is 121 Å². The molecule has 6 aliphatic rings.